The molecule has 154 valence electrons. The van der Waals surface area contributed by atoms with Gasteiger partial charge >= 0.3 is 0 Å². The molecule has 3 heterocycles. The number of rotatable bonds is 6. The van der Waals surface area contributed by atoms with Crippen molar-refractivity contribution in [2.45, 2.75) is 32.8 Å². The molecule has 1 aliphatic rings. The minimum atomic E-state index is -0.698. The molecule has 2 aromatic heterocycles. The van der Waals surface area contributed by atoms with Crippen LogP contribution in [0.1, 0.15) is 24.2 Å². The van der Waals surface area contributed by atoms with Crippen molar-refractivity contribution in [1.29, 1.82) is 0 Å². The van der Waals surface area contributed by atoms with Gasteiger partial charge in [-0.3, -0.25) is 9.47 Å². The second-order valence-corrected chi connectivity index (χ2v) is 7.22. The van der Waals surface area contributed by atoms with E-state index in [1.807, 2.05) is 35.8 Å². The van der Waals surface area contributed by atoms with Crippen molar-refractivity contribution in [2.24, 2.45) is 0 Å². The molecule has 9 heteroatoms. The summed E-state index contributed by atoms with van der Waals surface area (Å²) in [6.07, 6.45) is 0.922. The first-order chi connectivity index (χ1) is 14.1. The van der Waals surface area contributed by atoms with Crippen molar-refractivity contribution in [2.75, 3.05) is 20.8 Å². The quantitative estimate of drug-likeness (QED) is 0.618. The number of aromatic nitrogens is 3. The van der Waals surface area contributed by atoms with E-state index in [-0.39, 0.29) is 0 Å². The summed E-state index contributed by atoms with van der Waals surface area (Å²) < 4.78 is 20.8. The molecule has 1 aliphatic heterocycles. The summed E-state index contributed by atoms with van der Waals surface area (Å²) in [6.45, 7) is 4.17. The van der Waals surface area contributed by atoms with Crippen LogP contribution in [0, 0.1) is 4.77 Å². The van der Waals surface area contributed by atoms with Crippen LogP contribution in [0.15, 0.2) is 34.9 Å². The van der Waals surface area contributed by atoms with E-state index in [9.17, 15) is 5.11 Å². The third-order valence-electron chi connectivity index (χ3n) is 5.17. The van der Waals surface area contributed by atoms with Crippen LogP contribution >= 0.6 is 12.2 Å². The highest BCUT2D eigenvalue weighted by Gasteiger charge is 2.30. The van der Waals surface area contributed by atoms with E-state index >= 15 is 0 Å². The zero-order chi connectivity index (χ0) is 20.5. The van der Waals surface area contributed by atoms with Gasteiger partial charge < -0.3 is 19.0 Å². The summed E-state index contributed by atoms with van der Waals surface area (Å²) in [5.74, 6) is 2.76. The number of hydrogen-bond acceptors (Lipinski definition) is 7. The van der Waals surface area contributed by atoms with Crippen LogP contribution in [0.4, 0.5) is 0 Å². The third-order valence-corrected chi connectivity index (χ3v) is 5.61. The van der Waals surface area contributed by atoms with Gasteiger partial charge in [0, 0.05) is 30.8 Å². The Kier molecular flexibility index (Phi) is 5.44. The molecule has 1 unspecified atom stereocenters. The van der Waals surface area contributed by atoms with Crippen LogP contribution in [0.2, 0.25) is 0 Å². The second kappa shape index (κ2) is 8.02. The van der Waals surface area contributed by atoms with Gasteiger partial charge in [-0.1, -0.05) is 0 Å². The van der Waals surface area contributed by atoms with Crippen LogP contribution in [0.3, 0.4) is 0 Å². The molecule has 1 N–H and O–H groups in total. The number of hydrogen-bond donors (Lipinski definition) is 1. The van der Waals surface area contributed by atoms with Gasteiger partial charge in [0.15, 0.2) is 16.4 Å². The highest BCUT2D eigenvalue weighted by Crippen LogP contribution is 2.39. The van der Waals surface area contributed by atoms with Gasteiger partial charge in [0.1, 0.15) is 11.5 Å². The number of benzene rings is 1. The molecule has 0 saturated heterocycles. The smallest absolute Gasteiger partial charge is 0.199 e. The molecule has 0 spiro atoms. The van der Waals surface area contributed by atoms with Gasteiger partial charge in [-0.25, -0.2) is 4.68 Å². The van der Waals surface area contributed by atoms with Crippen LogP contribution < -0.4 is 9.47 Å². The highest BCUT2D eigenvalue weighted by molar-refractivity contribution is 7.71. The number of nitrogens with zero attached hydrogens (tertiary/aromatic N) is 4. The molecule has 0 aliphatic carbocycles. The fourth-order valence-electron chi connectivity index (χ4n) is 3.85. The van der Waals surface area contributed by atoms with Crippen molar-refractivity contribution in [3.8, 4) is 23.1 Å². The monoisotopic (exact) mass is 416 g/mol. The normalized spacial score (nSPS) is 16.6. The van der Waals surface area contributed by atoms with Gasteiger partial charge in [-0.15, -0.1) is 5.10 Å². The Labute approximate surface area is 173 Å². The molecule has 0 saturated carbocycles. The van der Waals surface area contributed by atoms with E-state index in [0.717, 1.165) is 16.9 Å². The molecular formula is C20H24N4O4S. The van der Waals surface area contributed by atoms with Crippen molar-refractivity contribution < 1.29 is 19.0 Å². The Balaban J connectivity index is 1.67. The maximum atomic E-state index is 10.8. The average molecular weight is 417 g/mol. The molecule has 8 nitrogen and oxygen atoms in total. The zero-order valence-corrected chi connectivity index (χ0v) is 17.5. The summed E-state index contributed by atoms with van der Waals surface area (Å²) in [6, 6.07) is 7.38. The van der Waals surface area contributed by atoms with Gasteiger partial charge in [-0.05, 0) is 43.4 Å². The fourth-order valence-corrected chi connectivity index (χ4v) is 4.16. The maximum Gasteiger partial charge on any atom is 0.199 e. The SMILES string of the molecule is CCn1c(-c2ccco2)nn(CN2Cc3c(OC)ccc(OC)c3C(O)C2)c1=S. The number of methoxy groups -OCH3 is 2. The first-order valence-electron chi connectivity index (χ1n) is 9.43. The molecule has 29 heavy (non-hydrogen) atoms. The maximum absolute atomic E-state index is 10.8. The number of fused-ring (bicyclic) bond motifs is 1. The number of aliphatic hydroxyl groups excluding tert-OH is 1. The van der Waals surface area contributed by atoms with E-state index in [4.69, 9.17) is 26.1 Å². The number of ether oxygens (including phenoxy) is 2. The lowest BCUT2D eigenvalue weighted by Crippen LogP contribution is -2.36. The Bertz CT molecular complexity index is 1060. The molecule has 0 amide bonds. The van der Waals surface area contributed by atoms with E-state index < -0.39 is 6.10 Å². The lowest BCUT2D eigenvalue weighted by molar-refractivity contribution is 0.0669. The van der Waals surface area contributed by atoms with Crippen molar-refractivity contribution in [1.82, 2.24) is 19.2 Å². The highest BCUT2D eigenvalue weighted by atomic mass is 32.1. The van der Waals surface area contributed by atoms with Gasteiger partial charge in [0.05, 0.1) is 33.3 Å². The van der Waals surface area contributed by atoms with E-state index in [2.05, 4.69) is 10.00 Å². The molecule has 1 aromatic carbocycles. The molecule has 0 fully saturated rings. The molecule has 0 bridgehead atoms. The standard InChI is InChI=1S/C20H24N4O4S/c1-4-23-19(17-6-5-9-28-17)21-24(20(23)29)12-22-10-13-15(26-2)7-8-16(27-3)18(13)14(25)11-22/h5-9,14,25H,4,10-12H2,1-3H3. The third kappa shape index (κ3) is 3.45. The van der Waals surface area contributed by atoms with E-state index in [0.29, 0.717) is 48.4 Å². The van der Waals surface area contributed by atoms with Crippen molar-refractivity contribution in [3.63, 3.8) is 0 Å². The minimum absolute atomic E-state index is 0.438. The Morgan fingerprint density at radius 2 is 2.00 bits per heavy atom. The first-order valence-corrected chi connectivity index (χ1v) is 9.83. The topological polar surface area (TPSA) is 77.8 Å². The van der Waals surface area contributed by atoms with Crippen LogP contribution in [-0.2, 0) is 19.8 Å². The number of aliphatic hydroxyl groups is 1. The summed E-state index contributed by atoms with van der Waals surface area (Å²) in [7, 11) is 3.23. The lowest BCUT2D eigenvalue weighted by atomic mass is 9.95. The predicted molar refractivity (Wildman–Crippen MR) is 109 cm³/mol. The van der Waals surface area contributed by atoms with Crippen LogP contribution in [0.25, 0.3) is 11.6 Å². The molecule has 4 rings (SSSR count). The Morgan fingerprint density at radius 1 is 1.24 bits per heavy atom. The fraction of sp³-hybridized carbons (Fsp3) is 0.400. The minimum Gasteiger partial charge on any atom is -0.496 e. The van der Waals surface area contributed by atoms with Gasteiger partial charge in [0.2, 0.25) is 0 Å². The summed E-state index contributed by atoms with van der Waals surface area (Å²) >= 11 is 5.64. The van der Waals surface area contributed by atoms with Crippen molar-refractivity contribution >= 4 is 12.2 Å². The first kappa shape index (κ1) is 19.7. The molecular weight excluding hydrogens is 392 g/mol. The van der Waals surface area contributed by atoms with Gasteiger partial charge in [-0.2, -0.15) is 0 Å². The van der Waals surface area contributed by atoms with E-state index in [1.165, 1.54) is 0 Å². The predicted octanol–water partition coefficient (Wildman–Crippen LogP) is 3.22. The second-order valence-electron chi connectivity index (χ2n) is 6.86. The summed E-state index contributed by atoms with van der Waals surface area (Å²) in [4.78, 5) is 2.09. The molecule has 1 atom stereocenters. The van der Waals surface area contributed by atoms with E-state index in [1.54, 1.807) is 25.2 Å². The lowest BCUT2D eigenvalue weighted by Gasteiger charge is -2.33. The van der Waals surface area contributed by atoms with Crippen LogP contribution in [-0.4, -0.2) is 45.1 Å². The van der Waals surface area contributed by atoms with Crippen molar-refractivity contribution in [3.05, 3.63) is 46.4 Å². The largest absolute Gasteiger partial charge is 0.496 e. The average Bonchev–Trinajstić information content (AvgIpc) is 3.35. The van der Waals surface area contributed by atoms with Gasteiger partial charge in [0.25, 0.3) is 0 Å². The van der Waals surface area contributed by atoms with Crippen LogP contribution in [0.5, 0.6) is 11.5 Å². The number of β-amino-alcohol motifs (C(OH)–C–C–N with tert-alkyl or cyclic N) is 1. The summed E-state index contributed by atoms with van der Waals surface area (Å²) in [5, 5.41) is 15.5. The zero-order valence-electron chi connectivity index (χ0n) is 16.7. The molecule has 0 radical (unpaired) electrons. The summed E-state index contributed by atoms with van der Waals surface area (Å²) in [5.41, 5.74) is 1.69. The molecule has 3 aromatic rings. The Morgan fingerprint density at radius 3 is 2.66 bits per heavy atom. The Hall–Kier alpha value is -2.62. The number of furan rings is 1.